The van der Waals surface area contributed by atoms with E-state index in [2.05, 4.69) is 5.32 Å². The van der Waals surface area contributed by atoms with Crippen molar-refractivity contribution in [1.82, 2.24) is 5.32 Å². The first kappa shape index (κ1) is 18.7. The topological polar surface area (TPSA) is 55.4 Å². The molecule has 2 aromatic carbocycles. The standard InChI is InChI=1S/C21H25NO3/c1-15(2)19(13-23)20(18-12-8-7-9-16(18)3)22-21(24)25-14-17-10-5-4-6-11-17/h4-13,15,19-20H,14H2,1-3H3,(H,22,24)/t19-,20-/m1/s1. The fourth-order valence-corrected chi connectivity index (χ4v) is 2.83. The molecule has 0 aliphatic heterocycles. The number of carbonyl (C=O) groups excluding carboxylic acids is 2. The van der Waals surface area contributed by atoms with Crippen LogP contribution in [0.4, 0.5) is 4.79 Å². The summed E-state index contributed by atoms with van der Waals surface area (Å²) in [5, 5.41) is 2.88. The molecule has 0 heterocycles. The van der Waals surface area contributed by atoms with Gasteiger partial charge >= 0.3 is 6.09 Å². The van der Waals surface area contributed by atoms with Gasteiger partial charge in [0.25, 0.3) is 0 Å². The number of aldehydes is 1. The third kappa shape index (κ3) is 5.18. The average Bonchev–Trinajstić information content (AvgIpc) is 2.61. The third-order valence-corrected chi connectivity index (χ3v) is 4.32. The molecule has 25 heavy (non-hydrogen) atoms. The van der Waals surface area contributed by atoms with Crippen LogP contribution in [0.1, 0.15) is 36.6 Å². The van der Waals surface area contributed by atoms with Crippen molar-refractivity contribution >= 4 is 12.4 Å². The molecular formula is C21H25NO3. The lowest BCUT2D eigenvalue weighted by Crippen LogP contribution is -2.37. The molecule has 132 valence electrons. The Morgan fingerprint density at radius 1 is 1.08 bits per heavy atom. The number of alkyl carbamates (subject to hydrolysis) is 1. The van der Waals surface area contributed by atoms with Crippen LogP contribution < -0.4 is 5.32 Å². The number of amides is 1. The van der Waals surface area contributed by atoms with Crippen molar-refractivity contribution in [3.8, 4) is 0 Å². The van der Waals surface area contributed by atoms with Crippen LogP contribution in [0, 0.1) is 18.8 Å². The molecule has 2 aromatic rings. The number of rotatable bonds is 7. The van der Waals surface area contributed by atoms with Gasteiger partial charge in [-0.3, -0.25) is 0 Å². The van der Waals surface area contributed by atoms with Crippen LogP contribution >= 0.6 is 0 Å². The molecule has 1 N–H and O–H groups in total. The van der Waals surface area contributed by atoms with Crippen molar-refractivity contribution in [3.05, 3.63) is 71.3 Å². The van der Waals surface area contributed by atoms with E-state index in [1.165, 1.54) is 0 Å². The smallest absolute Gasteiger partial charge is 0.407 e. The molecule has 1 amide bonds. The molecule has 0 fully saturated rings. The Labute approximate surface area is 149 Å². The van der Waals surface area contributed by atoms with Crippen LogP contribution in [0.25, 0.3) is 0 Å². The lowest BCUT2D eigenvalue weighted by atomic mass is 9.84. The van der Waals surface area contributed by atoms with Crippen LogP contribution in [0.2, 0.25) is 0 Å². The van der Waals surface area contributed by atoms with Gasteiger partial charge < -0.3 is 14.8 Å². The minimum atomic E-state index is -0.524. The molecule has 0 spiro atoms. The number of ether oxygens (including phenoxy) is 1. The molecule has 0 saturated heterocycles. The second kappa shape index (κ2) is 9.02. The Balaban J connectivity index is 2.14. The summed E-state index contributed by atoms with van der Waals surface area (Å²) in [5.41, 5.74) is 2.88. The molecular weight excluding hydrogens is 314 g/mol. The fraction of sp³-hybridized carbons (Fsp3) is 0.333. The highest BCUT2D eigenvalue weighted by Crippen LogP contribution is 2.29. The number of nitrogens with one attached hydrogen (secondary N) is 1. The van der Waals surface area contributed by atoms with Gasteiger partial charge in [0, 0.05) is 5.92 Å². The molecule has 2 atom stereocenters. The molecule has 0 saturated carbocycles. The number of aryl methyl sites for hydroxylation is 1. The van der Waals surface area contributed by atoms with Gasteiger partial charge in [-0.2, -0.15) is 0 Å². The van der Waals surface area contributed by atoms with Crippen molar-refractivity contribution in [1.29, 1.82) is 0 Å². The van der Waals surface area contributed by atoms with Crippen molar-refractivity contribution in [3.63, 3.8) is 0 Å². The summed E-state index contributed by atoms with van der Waals surface area (Å²) in [6.45, 7) is 6.12. The van der Waals surface area contributed by atoms with Crippen LogP contribution in [0.15, 0.2) is 54.6 Å². The molecule has 0 unspecified atom stereocenters. The summed E-state index contributed by atoms with van der Waals surface area (Å²) in [6.07, 6.45) is 0.392. The zero-order valence-corrected chi connectivity index (χ0v) is 14.9. The van der Waals surface area contributed by atoms with Gasteiger partial charge in [0.15, 0.2) is 0 Å². The van der Waals surface area contributed by atoms with Crippen molar-refractivity contribution in [2.45, 2.75) is 33.4 Å². The highest BCUT2D eigenvalue weighted by atomic mass is 16.5. The first-order valence-electron chi connectivity index (χ1n) is 8.51. The molecule has 0 aromatic heterocycles. The maximum absolute atomic E-state index is 12.3. The summed E-state index contributed by atoms with van der Waals surface area (Å²) in [5.74, 6) is -0.234. The average molecular weight is 339 g/mol. The Morgan fingerprint density at radius 3 is 2.32 bits per heavy atom. The Morgan fingerprint density at radius 2 is 1.72 bits per heavy atom. The SMILES string of the molecule is Cc1ccccc1[C@@H](NC(=O)OCc1ccccc1)[C@H](C=O)C(C)C. The van der Waals surface area contributed by atoms with Gasteiger partial charge in [0.05, 0.1) is 6.04 Å². The van der Waals surface area contributed by atoms with E-state index < -0.39 is 12.1 Å². The van der Waals surface area contributed by atoms with E-state index in [0.717, 1.165) is 23.0 Å². The summed E-state index contributed by atoms with van der Waals surface area (Å²) in [4.78, 5) is 23.9. The summed E-state index contributed by atoms with van der Waals surface area (Å²) >= 11 is 0. The van der Waals surface area contributed by atoms with E-state index in [9.17, 15) is 9.59 Å². The van der Waals surface area contributed by atoms with E-state index in [-0.39, 0.29) is 18.4 Å². The van der Waals surface area contributed by atoms with Crippen molar-refractivity contribution < 1.29 is 14.3 Å². The first-order valence-corrected chi connectivity index (χ1v) is 8.51. The maximum Gasteiger partial charge on any atom is 0.407 e. The van der Waals surface area contributed by atoms with E-state index in [0.29, 0.717) is 0 Å². The molecule has 4 heteroatoms. The van der Waals surface area contributed by atoms with Crippen LogP contribution in [-0.2, 0) is 16.1 Å². The van der Waals surface area contributed by atoms with Crippen molar-refractivity contribution in [2.24, 2.45) is 11.8 Å². The largest absolute Gasteiger partial charge is 0.445 e. The molecule has 0 radical (unpaired) electrons. The van der Waals surface area contributed by atoms with Crippen molar-refractivity contribution in [2.75, 3.05) is 0 Å². The second-order valence-corrected chi connectivity index (χ2v) is 6.50. The third-order valence-electron chi connectivity index (χ3n) is 4.32. The zero-order valence-electron chi connectivity index (χ0n) is 14.9. The lowest BCUT2D eigenvalue weighted by molar-refractivity contribution is -0.113. The predicted molar refractivity (Wildman–Crippen MR) is 98.1 cm³/mol. The van der Waals surface area contributed by atoms with Gasteiger partial charge in [-0.1, -0.05) is 68.4 Å². The molecule has 4 nitrogen and oxygen atoms in total. The summed E-state index contributed by atoms with van der Waals surface area (Å²) in [6, 6.07) is 16.9. The minimum absolute atomic E-state index is 0.0940. The molecule has 2 rings (SSSR count). The Bertz CT molecular complexity index is 697. The van der Waals surface area contributed by atoms with Gasteiger partial charge in [0.1, 0.15) is 12.9 Å². The molecule has 0 aliphatic carbocycles. The van der Waals surface area contributed by atoms with E-state index in [1.54, 1.807) is 0 Å². The number of carbonyl (C=O) groups is 2. The van der Waals surface area contributed by atoms with Crippen LogP contribution in [0.3, 0.4) is 0 Å². The zero-order chi connectivity index (χ0) is 18.2. The molecule has 0 aliphatic rings. The summed E-state index contributed by atoms with van der Waals surface area (Å²) in [7, 11) is 0. The summed E-state index contributed by atoms with van der Waals surface area (Å²) < 4.78 is 5.33. The number of hydrogen-bond acceptors (Lipinski definition) is 3. The Hall–Kier alpha value is -2.62. The fourth-order valence-electron chi connectivity index (χ4n) is 2.83. The highest BCUT2D eigenvalue weighted by Gasteiger charge is 2.28. The monoisotopic (exact) mass is 339 g/mol. The van der Waals surface area contributed by atoms with Gasteiger partial charge in [-0.25, -0.2) is 4.79 Å². The first-order chi connectivity index (χ1) is 12.0. The maximum atomic E-state index is 12.3. The Kier molecular flexibility index (Phi) is 6.75. The van der Waals surface area contributed by atoms with E-state index in [4.69, 9.17) is 4.74 Å². The van der Waals surface area contributed by atoms with Gasteiger partial charge in [-0.15, -0.1) is 0 Å². The van der Waals surface area contributed by atoms with E-state index in [1.807, 2.05) is 75.4 Å². The molecule has 0 bridgehead atoms. The predicted octanol–water partition coefficient (Wildman–Crippen LogP) is 4.43. The quantitative estimate of drug-likeness (QED) is 0.759. The van der Waals surface area contributed by atoms with Crippen LogP contribution in [0.5, 0.6) is 0 Å². The van der Waals surface area contributed by atoms with Gasteiger partial charge in [-0.05, 0) is 29.5 Å². The second-order valence-electron chi connectivity index (χ2n) is 6.50. The normalized spacial score (nSPS) is 13.1. The lowest BCUT2D eigenvalue weighted by Gasteiger charge is -2.28. The minimum Gasteiger partial charge on any atom is -0.445 e. The number of benzene rings is 2. The van der Waals surface area contributed by atoms with Crippen LogP contribution in [-0.4, -0.2) is 12.4 Å². The highest BCUT2D eigenvalue weighted by molar-refractivity contribution is 5.69. The van der Waals surface area contributed by atoms with E-state index >= 15 is 0 Å². The van der Waals surface area contributed by atoms with Gasteiger partial charge in [0.2, 0.25) is 0 Å². The number of hydrogen-bond donors (Lipinski definition) is 1.